The molecule has 1 aromatic heterocycles. The molecule has 108 valence electrons. The summed E-state index contributed by atoms with van der Waals surface area (Å²) in [5.74, 6) is 0.227. The summed E-state index contributed by atoms with van der Waals surface area (Å²) in [4.78, 5) is 7.98. The fourth-order valence-corrected chi connectivity index (χ4v) is 2.88. The van der Waals surface area contributed by atoms with Crippen molar-refractivity contribution in [2.75, 3.05) is 18.0 Å². The fourth-order valence-electron chi connectivity index (χ4n) is 1.78. The minimum Gasteiger partial charge on any atom is -0.383 e. The first-order valence-corrected chi connectivity index (χ1v) is 7.75. The zero-order valence-corrected chi connectivity index (χ0v) is 11.9. The first-order valence-electron chi connectivity index (χ1n) is 6.26. The predicted molar refractivity (Wildman–Crippen MR) is 78.5 cm³/mol. The van der Waals surface area contributed by atoms with Gasteiger partial charge in [0.05, 0.1) is 10.4 Å². The number of hydrogen-bond donors (Lipinski definition) is 3. The maximum absolute atomic E-state index is 12.1. The van der Waals surface area contributed by atoms with Crippen molar-refractivity contribution in [3.05, 3.63) is 18.2 Å². The average molecular weight is 295 g/mol. The number of rotatable bonds is 5. The van der Waals surface area contributed by atoms with E-state index in [-0.39, 0.29) is 16.7 Å². The van der Waals surface area contributed by atoms with Gasteiger partial charge in [0.1, 0.15) is 5.82 Å². The number of sulfonamides is 1. The van der Waals surface area contributed by atoms with Crippen LogP contribution in [0.5, 0.6) is 0 Å². The summed E-state index contributed by atoms with van der Waals surface area (Å²) in [5, 5.41) is 0.470. The van der Waals surface area contributed by atoms with Gasteiger partial charge in [-0.25, -0.2) is 18.1 Å². The summed E-state index contributed by atoms with van der Waals surface area (Å²) >= 11 is 0. The Bertz CT molecular complexity index is 730. The summed E-state index contributed by atoms with van der Waals surface area (Å²) in [6.07, 6.45) is 1.70. The van der Waals surface area contributed by atoms with Crippen molar-refractivity contribution in [1.29, 1.82) is 0 Å². The molecule has 0 aliphatic heterocycles. The van der Waals surface area contributed by atoms with Gasteiger partial charge in [0.15, 0.2) is 0 Å². The van der Waals surface area contributed by atoms with E-state index in [2.05, 4.69) is 14.7 Å². The lowest BCUT2D eigenvalue weighted by atomic mass is 10.2. The van der Waals surface area contributed by atoms with E-state index in [4.69, 9.17) is 11.5 Å². The number of unbranched alkanes of at least 4 members (excludes halogenated alkanes) is 1. The number of fused-ring (bicyclic) bond motifs is 1. The van der Waals surface area contributed by atoms with Gasteiger partial charge in [-0.05, 0) is 24.6 Å². The van der Waals surface area contributed by atoms with Crippen LogP contribution in [0.4, 0.5) is 11.8 Å². The molecule has 7 nitrogen and oxygen atoms in total. The average Bonchev–Trinajstić information content (AvgIpc) is 2.38. The fraction of sp³-hybridized carbons (Fsp3) is 0.333. The highest BCUT2D eigenvalue weighted by Crippen LogP contribution is 2.22. The maximum atomic E-state index is 12.1. The lowest BCUT2D eigenvalue weighted by Gasteiger charge is -2.08. The van der Waals surface area contributed by atoms with Crippen LogP contribution in [0.2, 0.25) is 0 Å². The highest BCUT2D eigenvalue weighted by Gasteiger charge is 2.15. The summed E-state index contributed by atoms with van der Waals surface area (Å²) in [5.41, 5.74) is 11.8. The predicted octanol–water partition coefficient (Wildman–Crippen LogP) is 0.873. The summed E-state index contributed by atoms with van der Waals surface area (Å²) in [7, 11) is -3.54. The molecule has 1 heterocycles. The molecule has 0 aliphatic rings. The Morgan fingerprint density at radius 3 is 2.70 bits per heavy atom. The van der Waals surface area contributed by atoms with Crippen molar-refractivity contribution in [1.82, 2.24) is 14.7 Å². The highest BCUT2D eigenvalue weighted by atomic mass is 32.2. The second kappa shape index (κ2) is 5.59. The van der Waals surface area contributed by atoms with Crippen molar-refractivity contribution in [3.8, 4) is 0 Å². The minimum absolute atomic E-state index is 0.0617. The molecular formula is C12H17N5O2S. The molecule has 1 aromatic carbocycles. The second-order valence-corrected chi connectivity index (χ2v) is 6.16. The first-order chi connectivity index (χ1) is 9.44. The summed E-state index contributed by atoms with van der Waals surface area (Å²) in [6, 6.07) is 4.50. The smallest absolute Gasteiger partial charge is 0.240 e. The molecule has 8 heteroatoms. The van der Waals surface area contributed by atoms with E-state index in [1.54, 1.807) is 6.07 Å². The lowest BCUT2D eigenvalue weighted by Crippen LogP contribution is -2.24. The second-order valence-electron chi connectivity index (χ2n) is 4.40. The Balaban J connectivity index is 2.41. The molecule has 0 aliphatic carbocycles. The zero-order valence-electron chi connectivity index (χ0n) is 11.1. The third kappa shape index (κ3) is 2.97. The Morgan fingerprint density at radius 1 is 1.25 bits per heavy atom. The van der Waals surface area contributed by atoms with E-state index in [9.17, 15) is 8.42 Å². The van der Waals surface area contributed by atoms with Crippen LogP contribution in [0, 0.1) is 0 Å². The van der Waals surface area contributed by atoms with Crippen LogP contribution >= 0.6 is 0 Å². The number of aromatic nitrogens is 2. The number of nitrogens with zero attached hydrogens (tertiary/aromatic N) is 2. The normalized spacial score (nSPS) is 11.8. The summed E-state index contributed by atoms with van der Waals surface area (Å²) in [6.45, 7) is 2.40. The van der Waals surface area contributed by atoms with Crippen LogP contribution in [0.25, 0.3) is 10.9 Å². The van der Waals surface area contributed by atoms with E-state index < -0.39 is 10.0 Å². The Hall–Kier alpha value is -1.93. The lowest BCUT2D eigenvalue weighted by molar-refractivity contribution is 0.578. The number of nitrogen functional groups attached to an aromatic ring is 2. The van der Waals surface area contributed by atoms with Gasteiger partial charge in [0, 0.05) is 11.9 Å². The van der Waals surface area contributed by atoms with Crippen molar-refractivity contribution in [2.45, 2.75) is 24.7 Å². The number of benzene rings is 1. The molecule has 0 atom stereocenters. The number of nitrogens with two attached hydrogens (primary N) is 2. The van der Waals surface area contributed by atoms with E-state index in [0.29, 0.717) is 17.4 Å². The van der Waals surface area contributed by atoms with E-state index in [1.165, 1.54) is 12.1 Å². The molecule has 2 aromatic rings. The third-order valence-electron chi connectivity index (χ3n) is 2.85. The maximum Gasteiger partial charge on any atom is 0.240 e. The molecule has 0 radical (unpaired) electrons. The number of hydrogen-bond acceptors (Lipinski definition) is 6. The van der Waals surface area contributed by atoms with Crippen LogP contribution in [-0.4, -0.2) is 24.9 Å². The zero-order chi connectivity index (χ0) is 14.8. The number of nitrogens with one attached hydrogen (secondary N) is 1. The van der Waals surface area contributed by atoms with Gasteiger partial charge in [-0.15, -0.1) is 0 Å². The quantitative estimate of drug-likeness (QED) is 0.703. The largest absolute Gasteiger partial charge is 0.383 e. The molecule has 2 rings (SSSR count). The third-order valence-corrected chi connectivity index (χ3v) is 4.31. The monoisotopic (exact) mass is 295 g/mol. The van der Waals surface area contributed by atoms with Crippen molar-refractivity contribution >= 4 is 32.7 Å². The number of anilines is 2. The molecular weight excluding hydrogens is 278 g/mol. The van der Waals surface area contributed by atoms with Crippen LogP contribution in [-0.2, 0) is 10.0 Å². The van der Waals surface area contributed by atoms with Gasteiger partial charge in [0.25, 0.3) is 0 Å². The van der Waals surface area contributed by atoms with E-state index in [0.717, 1.165) is 12.8 Å². The van der Waals surface area contributed by atoms with Gasteiger partial charge in [-0.3, -0.25) is 0 Å². The van der Waals surface area contributed by atoms with Crippen molar-refractivity contribution < 1.29 is 8.42 Å². The van der Waals surface area contributed by atoms with Crippen molar-refractivity contribution in [2.24, 2.45) is 0 Å². The molecule has 0 saturated heterocycles. The SMILES string of the molecule is CCCCNS(=O)(=O)c1ccc2nc(N)nc(N)c2c1. The molecule has 0 saturated carbocycles. The van der Waals surface area contributed by atoms with Gasteiger partial charge in [0.2, 0.25) is 16.0 Å². The van der Waals surface area contributed by atoms with Gasteiger partial charge in [-0.2, -0.15) is 4.98 Å². The topological polar surface area (TPSA) is 124 Å². The molecule has 0 fully saturated rings. The molecule has 0 bridgehead atoms. The molecule has 0 spiro atoms. The standard InChI is InChI=1S/C12H17N5O2S/c1-2-3-6-15-20(18,19)8-4-5-10-9(7-8)11(13)17-12(14)16-10/h4-5,7,15H,2-3,6H2,1H3,(H4,13,14,16,17). The van der Waals surface area contributed by atoms with E-state index in [1.807, 2.05) is 6.92 Å². The molecule has 0 unspecified atom stereocenters. The van der Waals surface area contributed by atoms with Crippen LogP contribution in [0.1, 0.15) is 19.8 Å². The first kappa shape index (κ1) is 14.5. The molecule has 0 amide bonds. The summed E-state index contributed by atoms with van der Waals surface area (Å²) < 4.78 is 26.8. The van der Waals surface area contributed by atoms with Crippen LogP contribution in [0.3, 0.4) is 0 Å². The van der Waals surface area contributed by atoms with Crippen LogP contribution < -0.4 is 16.2 Å². The molecule has 5 N–H and O–H groups in total. The van der Waals surface area contributed by atoms with Crippen LogP contribution in [0.15, 0.2) is 23.1 Å². The highest BCUT2D eigenvalue weighted by molar-refractivity contribution is 7.89. The van der Waals surface area contributed by atoms with E-state index >= 15 is 0 Å². The van der Waals surface area contributed by atoms with Gasteiger partial charge in [-0.1, -0.05) is 13.3 Å². The molecule has 20 heavy (non-hydrogen) atoms. The Labute approximate surface area is 117 Å². The van der Waals surface area contributed by atoms with Gasteiger partial charge >= 0.3 is 0 Å². The van der Waals surface area contributed by atoms with Crippen molar-refractivity contribution in [3.63, 3.8) is 0 Å². The minimum atomic E-state index is -3.54. The Kier molecular flexibility index (Phi) is 4.05. The Morgan fingerprint density at radius 2 is 2.00 bits per heavy atom. The van der Waals surface area contributed by atoms with Gasteiger partial charge < -0.3 is 11.5 Å².